The zero-order chi connectivity index (χ0) is 24.8. The van der Waals surface area contributed by atoms with E-state index in [4.69, 9.17) is 15.1 Å². The lowest BCUT2D eigenvalue weighted by Crippen LogP contribution is -2.39. The van der Waals surface area contributed by atoms with E-state index in [1.165, 1.54) is 0 Å². The van der Waals surface area contributed by atoms with E-state index in [0.717, 1.165) is 35.1 Å². The molecule has 0 aromatic heterocycles. The van der Waals surface area contributed by atoms with Gasteiger partial charge in [-0.25, -0.2) is 4.79 Å². The fraction of sp³-hybridized carbons (Fsp3) is 0.429. The van der Waals surface area contributed by atoms with Gasteiger partial charge < -0.3 is 14.7 Å². The number of hydrogen-bond donors (Lipinski definition) is 1. The summed E-state index contributed by atoms with van der Waals surface area (Å²) in [7, 11) is 0. The van der Waals surface area contributed by atoms with Crippen LogP contribution >= 0.6 is 0 Å². The summed E-state index contributed by atoms with van der Waals surface area (Å²) in [5.41, 5.74) is 4.57. The third-order valence-corrected chi connectivity index (χ3v) is 6.92. The Morgan fingerprint density at radius 1 is 1.00 bits per heavy atom. The molecule has 0 unspecified atom stereocenters. The Labute approximate surface area is 205 Å². The second kappa shape index (κ2) is 11.2. The van der Waals surface area contributed by atoms with Crippen LogP contribution in [0.15, 0.2) is 42.5 Å². The number of Topliss-reactive ketones (excluding diaryl/α,β-unsaturated/α-hetero) is 1. The molecule has 1 heterocycles. The van der Waals surface area contributed by atoms with Crippen molar-refractivity contribution >= 4 is 17.8 Å². The molecule has 1 fully saturated rings. The SMILES string of the molecule is N#Cc1cccc(CC(=O)Cc2ccc3c(c2)CCN(C(=O)OC2CCC(CC(=O)O)CC2)C3)c1. The summed E-state index contributed by atoms with van der Waals surface area (Å²) < 4.78 is 5.72. The predicted molar refractivity (Wildman–Crippen MR) is 129 cm³/mol. The fourth-order valence-electron chi connectivity index (χ4n) is 5.06. The summed E-state index contributed by atoms with van der Waals surface area (Å²) in [5.74, 6) is -0.498. The van der Waals surface area contributed by atoms with Gasteiger partial charge in [-0.05, 0) is 72.4 Å². The number of carboxylic acid groups (broad SMARTS) is 1. The lowest BCUT2D eigenvalue weighted by Gasteiger charge is -2.32. The van der Waals surface area contributed by atoms with Crippen LogP contribution in [0.1, 0.15) is 59.9 Å². The van der Waals surface area contributed by atoms with E-state index in [1.54, 1.807) is 23.1 Å². The number of amides is 1. The first-order valence-corrected chi connectivity index (χ1v) is 12.2. The Bertz CT molecular complexity index is 1140. The van der Waals surface area contributed by atoms with Crippen molar-refractivity contribution in [2.45, 2.75) is 64.0 Å². The monoisotopic (exact) mass is 474 g/mol. The highest BCUT2D eigenvalue weighted by atomic mass is 16.6. The molecule has 182 valence electrons. The van der Waals surface area contributed by atoms with Crippen molar-refractivity contribution in [3.8, 4) is 6.07 Å². The molecule has 0 radical (unpaired) electrons. The number of rotatable bonds is 7. The number of hydrogen-bond acceptors (Lipinski definition) is 5. The van der Waals surface area contributed by atoms with Crippen molar-refractivity contribution < 1.29 is 24.2 Å². The smallest absolute Gasteiger partial charge is 0.410 e. The Morgan fingerprint density at radius 3 is 2.46 bits per heavy atom. The molecule has 1 N–H and O–H groups in total. The van der Waals surface area contributed by atoms with Crippen LogP contribution in [0.25, 0.3) is 0 Å². The molecule has 4 rings (SSSR count). The van der Waals surface area contributed by atoms with Gasteiger partial charge in [0.1, 0.15) is 11.9 Å². The maximum Gasteiger partial charge on any atom is 0.410 e. The number of carboxylic acids is 1. The molecular weight excluding hydrogens is 444 g/mol. The topological polar surface area (TPSA) is 108 Å². The molecule has 1 saturated carbocycles. The van der Waals surface area contributed by atoms with Crippen LogP contribution in [-0.2, 0) is 40.1 Å². The van der Waals surface area contributed by atoms with Crippen LogP contribution in [0, 0.1) is 17.2 Å². The molecule has 0 bridgehead atoms. The van der Waals surface area contributed by atoms with Crippen LogP contribution in [0.2, 0.25) is 0 Å². The first kappa shape index (κ1) is 24.5. The Morgan fingerprint density at radius 2 is 1.74 bits per heavy atom. The van der Waals surface area contributed by atoms with E-state index in [9.17, 15) is 14.4 Å². The van der Waals surface area contributed by atoms with Gasteiger partial charge in [0.05, 0.1) is 11.6 Å². The molecule has 0 spiro atoms. The third kappa shape index (κ3) is 6.69. The van der Waals surface area contributed by atoms with E-state index in [1.807, 2.05) is 18.2 Å². The van der Waals surface area contributed by atoms with Crippen LogP contribution in [-0.4, -0.2) is 40.5 Å². The van der Waals surface area contributed by atoms with Crippen molar-refractivity contribution in [2.24, 2.45) is 5.92 Å². The summed E-state index contributed by atoms with van der Waals surface area (Å²) in [4.78, 5) is 37.9. The number of benzene rings is 2. The number of carbonyl (C=O) groups excluding carboxylic acids is 2. The van der Waals surface area contributed by atoms with Gasteiger partial charge in [0.25, 0.3) is 0 Å². The number of nitriles is 1. The normalized spacial score (nSPS) is 19.3. The number of nitrogens with zero attached hydrogens (tertiary/aromatic N) is 2. The van der Waals surface area contributed by atoms with Crippen LogP contribution in [0.5, 0.6) is 0 Å². The van der Waals surface area contributed by atoms with Gasteiger partial charge in [0, 0.05) is 32.4 Å². The van der Waals surface area contributed by atoms with E-state index in [0.29, 0.717) is 50.8 Å². The van der Waals surface area contributed by atoms with Crippen molar-refractivity contribution in [3.05, 3.63) is 70.3 Å². The highest BCUT2D eigenvalue weighted by molar-refractivity contribution is 5.83. The van der Waals surface area contributed by atoms with Crippen molar-refractivity contribution in [1.82, 2.24) is 4.90 Å². The quantitative estimate of drug-likeness (QED) is 0.636. The number of ether oxygens (including phenoxy) is 1. The maximum atomic E-state index is 12.7. The average molecular weight is 475 g/mol. The van der Waals surface area contributed by atoms with E-state index < -0.39 is 5.97 Å². The van der Waals surface area contributed by atoms with Gasteiger partial charge in [-0.15, -0.1) is 0 Å². The molecule has 2 aromatic rings. The van der Waals surface area contributed by atoms with Gasteiger partial charge >= 0.3 is 12.1 Å². The molecule has 7 nitrogen and oxygen atoms in total. The summed E-state index contributed by atoms with van der Waals surface area (Å²) >= 11 is 0. The number of carbonyl (C=O) groups is 3. The molecular formula is C28H30N2O5. The van der Waals surface area contributed by atoms with Crippen molar-refractivity contribution in [2.75, 3.05) is 6.54 Å². The predicted octanol–water partition coefficient (Wildman–Crippen LogP) is 4.44. The Balaban J connectivity index is 1.27. The van der Waals surface area contributed by atoms with Gasteiger partial charge in [-0.2, -0.15) is 5.26 Å². The van der Waals surface area contributed by atoms with E-state index >= 15 is 0 Å². The van der Waals surface area contributed by atoms with Crippen molar-refractivity contribution in [3.63, 3.8) is 0 Å². The van der Waals surface area contributed by atoms with Gasteiger partial charge in [-0.3, -0.25) is 9.59 Å². The summed E-state index contributed by atoms with van der Waals surface area (Å²) in [6, 6.07) is 15.2. The maximum absolute atomic E-state index is 12.7. The molecule has 35 heavy (non-hydrogen) atoms. The van der Waals surface area contributed by atoms with Gasteiger partial charge in [0.15, 0.2) is 0 Å². The number of fused-ring (bicyclic) bond motifs is 1. The molecule has 0 atom stereocenters. The van der Waals surface area contributed by atoms with Gasteiger partial charge in [0.2, 0.25) is 0 Å². The first-order valence-electron chi connectivity index (χ1n) is 12.2. The Kier molecular flexibility index (Phi) is 7.81. The van der Waals surface area contributed by atoms with Crippen LogP contribution < -0.4 is 0 Å². The third-order valence-electron chi connectivity index (χ3n) is 6.92. The summed E-state index contributed by atoms with van der Waals surface area (Å²) in [6.45, 7) is 1.05. The molecule has 2 aliphatic rings. The van der Waals surface area contributed by atoms with Crippen LogP contribution in [0.4, 0.5) is 4.79 Å². The second-order valence-electron chi connectivity index (χ2n) is 9.60. The fourth-order valence-corrected chi connectivity index (χ4v) is 5.06. The van der Waals surface area contributed by atoms with E-state index in [-0.39, 0.29) is 30.3 Å². The molecule has 2 aromatic carbocycles. The lowest BCUT2D eigenvalue weighted by atomic mass is 9.85. The van der Waals surface area contributed by atoms with Crippen LogP contribution in [0.3, 0.4) is 0 Å². The molecule has 1 amide bonds. The zero-order valence-corrected chi connectivity index (χ0v) is 19.7. The largest absolute Gasteiger partial charge is 0.481 e. The summed E-state index contributed by atoms with van der Waals surface area (Å²) in [5, 5.41) is 18.0. The highest BCUT2D eigenvalue weighted by Gasteiger charge is 2.28. The minimum atomic E-state index is -0.768. The lowest BCUT2D eigenvalue weighted by molar-refractivity contribution is -0.138. The highest BCUT2D eigenvalue weighted by Crippen LogP contribution is 2.29. The Hall–Kier alpha value is -3.66. The minimum absolute atomic E-state index is 0.0964. The molecule has 0 saturated heterocycles. The average Bonchev–Trinajstić information content (AvgIpc) is 2.84. The molecule has 1 aliphatic carbocycles. The minimum Gasteiger partial charge on any atom is -0.481 e. The molecule has 1 aliphatic heterocycles. The van der Waals surface area contributed by atoms with E-state index in [2.05, 4.69) is 12.1 Å². The van der Waals surface area contributed by atoms with Crippen molar-refractivity contribution in [1.29, 1.82) is 5.26 Å². The van der Waals surface area contributed by atoms with Gasteiger partial charge in [-0.1, -0.05) is 30.3 Å². The standard InChI is InChI=1S/C28H30N2O5/c29-17-22-3-1-2-20(12-22)14-25(31)15-21-4-7-24-18-30(11-10-23(24)13-21)28(34)35-26-8-5-19(6-9-26)16-27(32)33/h1-4,7,12-13,19,26H,5-6,8-11,14-16,18H2,(H,32,33). The number of ketones is 1. The molecule has 7 heteroatoms. The zero-order valence-electron chi connectivity index (χ0n) is 19.7. The second-order valence-corrected chi connectivity index (χ2v) is 9.60. The number of aliphatic carboxylic acids is 1. The first-order chi connectivity index (χ1) is 16.9. The summed E-state index contributed by atoms with van der Waals surface area (Å²) in [6.07, 6.45) is 4.06.